The summed E-state index contributed by atoms with van der Waals surface area (Å²) in [5, 5.41) is 9.58. The van der Waals surface area contributed by atoms with E-state index in [1.165, 1.54) is 4.90 Å². The van der Waals surface area contributed by atoms with E-state index in [0.29, 0.717) is 12.8 Å². The van der Waals surface area contributed by atoms with Gasteiger partial charge in [-0.25, -0.2) is 4.79 Å². The third-order valence-electron chi connectivity index (χ3n) is 7.43. The lowest BCUT2D eigenvalue weighted by molar-refractivity contribution is -0.148. The third-order valence-corrected chi connectivity index (χ3v) is 7.43. The molecule has 0 radical (unpaired) electrons. The Bertz CT molecular complexity index is 1330. The van der Waals surface area contributed by atoms with Gasteiger partial charge in [-0.1, -0.05) is 63.2 Å². The van der Waals surface area contributed by atoms with Crippen LogP contribution in [0.15, 0.2) is 48.5 Å². The maximum absolute atomic E-state index is 13.9. The second kappa shape index (κ2) is 11.5. The van der Waals surface area contributed by atoms with Gasteiger partial charge in [0.1, 0.15) is 5.60 Å². The Morgan fingerprint density at radius 1 is 0.878 bits per heavy atom. The number of para-hydroxylation sites is 1. The number of carbonyl (C=O) groups is 4. The van der Waals surface area contributed by atoms with Crippen LogP contribution in [-0.2, 0) is 38.5 Å². The molecule has 0 saturated heterocycles. The smallest absolute Gasteiger partial charge is 0.415 e. The zero-order valence-corrected chi connectivity index (χ0v) is 24.8. The van der Waals surface area contributed by atoms with Crippen LogP contribution in [-0.4, -0.2) is 69.6 Å². The monoisotopic (exact) mass is 563 g/mol. The molecule has 2 aliphatic rings. The van der Waals surface area contributed by atoms with Crippen LogP contribution < -0.4 is 4.90 Å². The lowest BCUT2D eigenvalue weighted by Crippen LogP contribution is -2.55. The number of carbonyl (C=O) groups excluding carboxylic acids is 3. The van der Waals surface area contributed by atoms with Crippen molar-refractivity contribution in [1.29, 1.82) is 0 Å². The normalized spacial score (nSPS) is 18.4. The summed E-state index contributed by atoms with van der Waals surface area (Å²) >= 11 is 0. The predicted octanol–water partition coefficient (Wildman–Crippen LogP) is 4.66. The molecule has 2 aromatic rings. The average Bonchev–Trinajstić information content (AvgIpc) is 3.23. The molecule has 2 atom stereocenters. The average molecular weight is 564 g/mol. The minimum absolute atomic E-state index is 0.129. The maximum Gasteiger partial charge on any atom is 0.415 e. The highest BCUT2D eigenvalue weighted by atomic mass is 16.6. The van der Waals surface area contributed by atoms with Gasteiger partial charge in [0.2, 0.25) is 11.8 Å². The van der Waals surface area contributed by atoms with Crippen molar-refractivity contribution in [2.45, 2.75) is 85.0 Å². The number of aliphatic carboxylic acids is 1. The number of amides is 3. The molecule has 0 spiro atoms. The maximum atomic E-state index is 13.9. The molecule has 2 aliphatic heterocycles. The molecule has 0 unspecified atom stereocenters. The molecule has 0 bridgehead atoms. The molecule has 0 fully saturated rings. The van der Waals surface area contributed by atoms with Crippen molar-refractivity contribution in [3.63, 3.8) is 0 Å². The number of hydrogen-bond donors (Lipinski definition) is 1. The van der Waals surface area contributed by atoms with E-state index in [4.69, 9.17) is 4.74 Å². The summed E-state index contributed by atoms with van der Waals surface area (Å²) in [5.41, 5.74) is 2.21. The SMILES string of the molecule is CC(C)(C)OC(=O)N1c2ccccc2C[C@@H]1CN(CC(=O)N1Cc2ccccc2C[C@@H]1CC(=O)O)C(=O)C(C)(C)C. The number of ether oxygens (including phenoxy) is 1. The van der Waals surface area contributed by atoms with Crippen molar-refractivity contribution in [2.24, 2.45) is 5.41 Å². The minimum atomic E-state index is -0.980. The summed E-state index contributed by atoms with van der Waals surface area (Å²) in [6, 6.07) is 14.4. The molecule has 2 aromatic carbocycles. The van der Waals surface area contributed by atoms with Gasteiger partial charge in [-0.15, -0.1) is 0 Å². The highest BCUT2D eigenvalue weighted by Crippen LogP contribution is 2.34. The number of hydrogen-bond acceptors (Lipinski definition) is 5. The van der Waals surface area contributed by atoms with Gasteiger partial charge in [-0.2, -0.15) is 0 Å². The van der Waals surface area contributed by atoms with Crippen LogP contribution >= 0.6 is 0 Å². The van der Waals surface area contributed by atoms with Crippen molar-refractivity contribution in [1.82, 2.24) is 9.80 Å². The van der Waals surface area contributed by atoms with E-state index in [-0.39, 0.29) is 37.9 Å². The zero-order valence-electron chi connectivity index (χ0n) is 24.8. The molecule has 0 saturated carbocycles. The first-order chi connectivity index (χ1) is 19.1. The molecule has 4 rings (SSSR count). The quantitative estimate of drug-likeness (QED) is 0.548. The van der Waals surface area contributed by atoms with Gasteiger partial charge in [0.15, 0.2) is 0 Å². The highest BCUT2D eigenvalue weighted by molar-refractivity contribution is 5.92. The van der Waals surface area contributed by atoms with E-state index in [1.807, 2.05) is 48.5 Å². The molecule has 9 nitrogen and oxygen atoms in total. The van der Waals surface area contributed by atoms with Crippen LogP contribution in [0, 0.1) is 5.41 Å². The number of carboxylic acid groups (broad SMARTS) is 1. The molecule has 41 heavy (non-hydrogen) atoms. The first-order valence-corrected chi connectivity index (χ1v) is 14.1. The van der Waals surface area contributed by atoms with E-state index in [9.17, 15) is 24.3 Å². The summed E-state index contributed by atoms with van der Waals surface area (Å²) in [6.45, 7) is 11.0. The van der Waals surface area contributed by atoms with Crippen LogP contribution in [0.25, 0.3) is 0 Å². The number of anilines is 1. The van der Waals surface area contributed by atoms with E-state index < -0.39 is 35.2 Å². The Morgan fingerprint density at radius 3 is 2.07 bits per heavy atom. The molecule has 9 heteroatoms. The Morgan fingerprint density at radius 2 is 1.46 bits per heavy atom. The Balaban J connectivity index is 1.62. The second-order valence-electron chi connectivity index (χ2n) is 13.0. The Kier molecular flexibility index (Phi) is 8.47. The Hall–Kier alpha value is -3.88. The topological polar surface area (TPSA) is 107 Å². The van der Waals surface area contributed by atoms with Crippen LogP contribution in [0.2, 0.25) is 0 Å². The fourth-order valence-corrected chi connectivity index (χ4v) is 5.63. The van der Waals surface area contributed by atoms with E-state index in [1.54, 1.807) is 51.3 Å². The Labute approximate surface area is 242 Å². The second-order valence-corrected chi connectivity index (χ2v) is 13.0. The van der Waals surface area contributed by atoms with Crippen LogP contribution in [0.5, 0.6) is 0 Å². The molecule has 0 aliphatic carbocycles. The number of rotatable bonds is 6. The minimum Gasteiger partial charge on any atom is -0.481 e. The fraction of sp³-hybridized carbons (Fsp3) is 0.500. The number of fused-ring (bicyclic) bond motifs is 2. The van der Waals surface area contributed by atoms with Gasteiger partial charge < -0.3 is 19.6 Å². The van der Waals surface area contributed by atoms with Crippen LogP contribution in [0.3, 0.4) is 0 Å². The summed E-state index contributed by atoms with van der Waals surface area (Å²) in [4.78, 5) is 57.4. The summed E-state index contributed by atoms with van der Waals surface area (Å²) in [6.07, 6.45) is 0.260. The van der Waals surface area contributed by atoms with Crippen LogP contribution in [0.1, 0.15) is 64.7 Å². The molecular weight excluding hydrogens is 522 g/mol. The van der Waals surface area contributed by atoms with E-state index in [2.05, 4.69) is 0 Å². The van der Waals surface area contributed by atoms with Gasteiger partial charge >= 0.3 is 12.1 Å². The number of carboxylic acids is 1. The summed E-state index contributed by atoms with van der Waals surface area (Å²) in [7, 11) is 0. The highest BCUT2D eigenvalue weighted by Gasteiger charge is 2.41. The van der Waals surface area contributed by atoms with Gasteiger partial charge in [0, 0.05) is 24.5 Å². The van der Waals surface area contributed by atoms with Gasteiger partial charge in [-0.3, -0.25) is 19.3 Å². The van der Waals surface area contributed by atoms with Crippen molar-refractivity contribution >= 4 is 29.6 Å². The number of nitrogens with zero attached hydrogens (tertiary/aromatic N) is 3. The lowest BCUT2D eigenvalue weighted by Gasteiger charge is -2.39. The summed E-state index contributed by atoms with van der Waals surface area (Å²) in [5.74, 6) is -1.52. The summed E-state index contributed by atoms with van der Waals surface area (Å²) < 4.78 is 5.73. The third kappa shape index (κ3) is 7.07. The molecule has 2 heterocycles. The first-order valence-electron chi connectivity index (χ1n) is 14.1. The zero-order chi connectivity index (χ0) is 30.1. The largest absolute Gasteiger partial charge is 0.481 e. The molecule has 0 aromatic heterocycles. The van der Waals surface area contributed by atoms with Gasteiger partial charge in [0.05, 0.1) is 24.7 Å². The fourth-order valence-electron chi connectivity index (χ4n) is 5.63. The van der Waals surface area contributed by atoms with Gasteiger partial charge in [0.25, 0.3) is 0 Å². The van der Waals surface area contributed by atoms with Crippen molar-refractivity contribution in [3.8, 4) is 0 Å². The molecule has 220 valence electrons. The van der Waals surface area contributed by atoms with Crippen molar-refractivity contribution in [2.75, 3.05) is 18.0 Å². The predicted molar refractivity (Wildman–Crippen MR) is 155 cm³/mol. The lowest BCUT2D eigenvalue weighted by atomic mass is 9.92. The molecule has 1 N–H and O–H groups in total. The van der Waals surface area contributed by atoms with Gasteiger partial charge in [-0.05, 0) is 56.4 Å². The van der Waals surface area contributed by atoms with Crippen LogP contribution in [0.4, 0.5) is 10.5 Å². The van der Waals surface area contributed by atoms with E-state index in [0.717, 1.165) is 22.4 Å². The first kappa shape index (κ1) is 30.1. The van der Waals surface area contributed by atoms with E-state index >= 15 is 0 Å². The molecule has 3 amide bonds. The van der Waals surface area contributed by atoms with Crippen molar-refractivity contribution < 1.29 is 29.0 Å². The molecular formula is C32H41N3O6. The van der Waals surface area contributed by atoms with Crippen molar-refractivity contribution in [3.05, 3.63) is 65.2 Å². The number of benzene rings is 2. The standard InChI is InChI=1S/C32H41N3O6/c1-31(2,3)29(39)33(19-25-16-22-12-9-10-14-26(22)35(25)30(40)41-32(4,5)6)20-27(36)34-18-23-13-8-7-11-21(23)15-24(34)17-28(37)38/h7-14,24-25H,15-20H2,1-6H3,(H,37,38)/t24-,25-/m1/s1.